The minimum absolute atomic E-state index is 0.00952. The second-order valence-electron chi connectivity index (χ2n) is 8.22. The van der Waals surface area contributed by atoms with Gasteiger partial charge >= 0.3 is 0 Å². The Morgan fingerprint density at radius 2 is 2.00 bits per heavy atom. The highest BCUT2D eigenvalue weighted by molar-refractivity contribution is 5.89. The number of hydrogen-bond acceptors (Lipinski definition) is 4. The fourth-order valence-electron chi connectivity index (χ4n) is 3.46. The van der Waals surface area contributed by atoms with Gasteiger partial charge < -0.3 is 15.7 Å². The lowest BCUT2D eigenvalue weighted by molar-refractivity contribution is -0.134. The van der Waals surface area contributed by atoms with Crippen LogP contribution in [0.2, 0.25) is 0 Å². The molecule has 1 aliphatic heterocycles. The summed E-state index contributed by atoms with van der Waals surface area (Å²) in [6.45, 7) is 6.04. The van der Waals surface area contributed by atoms with Gasteiger partial charge in [-0.2, -0.15) is 0 Å². The molecule has 6 heteroatoms. The summed E-state index contributed by atoms with van der Waals surface area (Å²) in [6, 6.07) is 13.9. The van der Waals surface area contributed by atoms with Gasteiger partial charge in [0.05, 0.1) is 12.5 Å². The van der Waals surface area contributed by atoms with Gasteiger partial charge in [0.2, 0.25) is 11.8 Å². The second kappa shape index (κ2) is 8.71. The molecule has 1 aliphatic rings. The van der Waals surface area contributed by atoms with Gasteiger partial charge in [-0.05, 0) is 16.3 Å². The van der Waals surface area contributed by atoms with Gasteiger partial charge in [0.1, 0.15) is 0 Å². The number of rotatable bonds is 7. The van der Waals surface area contributed by atoms with Crippen molar-refractivity contribution in [2.75, 3.05) is 26.2 Å². The number of aliphatic hydroxyl groups is 1. The molecule has 1 fully saturated rings. The first-order valence-electron chi connectivity index (χ1n) is 9.75. The summed E-state index contributed by atoms with van der Waals surface area (Å²) in [5.74, 6) is -0.283. The summed E-state index contributed by atoms with van der Waals surface area (Å²) in [7, 11) is 0. The van der Waals surface area contributed by atoms with Crippen molar-refractivity contribution in [3.8, 4) is 0 Å². The number of hydrogen-bond donors (Lipinski definition) is 3. The maximum atomic E-state index is 12.5. The average Bonchev–Trinajstić information content (AvgIpc) is 2.69. The van der Waals surface area contributed by atoms with Gasteiger partial charge in [-0.1, -0.05) is 56.3 Å². The van der Waals surface area contributed by atoms with Crippen LogP contribution < -0.4 is 10.6 Å². The van der Waals surface area contributed by atoms with Gasteiger partial charge in [-0.3, -0.25) is 14.5 Å². The zero-order valence-electron chi connectivity index (χ0n) is 16.6. The van der Waals surface area contributed by atoms with Crippen molar-refractivity contribution in [2.45, 2.75) is 32.9 Å². The van der Waals surface area contributed by atoms with E-state index in [9.17, 15) is 14.7 Å². The van der Waals surface area contributed by atoms with E-state index < -0.39 is 6.04 Å². The molecule has 0 aliphatic carbocycles. The highest BCUT2D eigenvalue weighted by atomic mass is 16.3. The molecule has 2 aromatic rings. The first-order chi connectivity index (χ1) is 13.4. The summed E-state index contributed by atoms with van der Waals surface area (Å²) < 4.78 is 0. The van der Waals surface area contributed by atoms with E-state index in [1.54, 1.807) is 0 Å². The highest BCUT2D eigenvalue weighted by Gasteiger charge is 2.32. The van der Waals surface area contributed by atoms with Crippen molar-refractivity contribution >= 4 is 22.6 Å². The molecule has 1 saturated heterocycles. The summed E-state index contributed by atoms with van der Waals surface area (Å²) >= 11 is 0. The van der Waals surface area contributed by atoms with Crippen LogP contribution in [0.5, 0.6) is 0 Å². The van der Waals surface area contributed by atoms with Crippen molar-refractivity contribution in [1.82, 2.24) is 15.5 Å². The van der Waals surface area contributed by atoms with Crippen LogP contribution in [0.3, 0.4) is 0 Å². The molecule has 6 nitrogen and oxygen atoms in total. The van der Waals surface area contributed by atoms with Gasteiger partial charge in [0, 0.05) is 38.2 Å². The van der Waals surface area contributed by atoms with E-state index in [1.165, 1.54) is 10.8 Å². The molecule has 3 N–H and O–H groups in total. The Kier molecular flexibility index (Phi) is 6.31. The van der Waals surface area contributed by atoms with Crippen LogP contribution >= 0.6 is 0 Å². The van der Waals surface area contributed by atoms with E-state index in [0.717, 1.165) is 5.56 Å². The van der Waals surface area contributed by atoms with Crippen molar-refractivity contribution in [3.63, 3.8) is 0 Å². The molecule has 28 heavy (non-hydrogen) atoms. The third-order valence-corrected chi connectivity index (χ3v) is 5.27. The van der Waals surface area contributed by atoms with E-state index in [0.29, 0.717) is 26.2 Å². The number of aliphatic hydroxyl groups excluding tert-OH is 1. The van der Waals surface area contributed by atoms with Gasteiger partial charge in [-0.25, -0.2) is 0 Å². The number of amides is 2. The molecule has 2 amide bonds. The van der Waals surface area contributed by atoms with E-state index in [-0.39, 0.29) is 30.3 Å². The Bertz CT molecular complexity index is 845. The second-order valence-corrected chi connectivity index (χ2v) is 8.22. The van der Waals surface area contributed by atoms with Crippen molar-refractivity contribution in [1.29, 1.82) is 0 Å². The van der Waals surface area contributed by atoms with Crippen LogP contribution in [0, 0.1) is 5.41 Å². The fourth-order valence-corrected chi connectivity index (χ4v) is 3.46. The molecule has 1 atom stereocenters. The van der Waals surface area contributed by atoms with Gasteiger partial charge in [0.15, 0.2) is 0 Å². The zero-order chi connectivity index (χ0) is 20.1. The van der Waals surface area contributed by atoms with Crippen LogP contribution in [-0.2, 0) is 16.1 Å². The number of piperazine rings is 1. The van der Waals surface area contributed by atoms with Crippen molar-refractivity contribution < 1.29 is 14.7 Å². The molecule has 3 rings (SSSR count). The minimum Gasteiger partial charge on any atom is -0.396 e. The molecule has 1 heterocycles. The number of carbonyl (C=O) groups excluding carboxylic acids is 2. The summed E-state index contributed by atoms with van der Waals surface area (Å²) in [5.41, 5.74) is 0.771. The Hall–Kier alpha value is -2.44. The van der Waals surface area contributed by atoms with Crippen molar-refractivity contribution in [2.24, 2.45) is 5.41 Å². The first-order valence-corrected chi connectivity index (χ1v) is 9.75. The summed E-state index contributed by atoms with van der Waals surface area (Å²) in [5, 5.41) is 17.4. The molecule has 150 valence electrons. The van der Waals surface area contributed by atoms with E-state index in [1.807, 2.05) is 32.0 Å². The van der Waals surface area contributed by atoms with Crippen LogP contribution in [0.4, 0.5) is 0 Å². The van der Waals surface area contributed by atoms with Crippen molar-refractivity contribution in [3.05, 3.63) is 48.0 Å². The van der Waals surface area contributed by atoms with E-state index >= 15 is 0 Å². The van der Waals surface area contributed by atoms with E-state index in [4.69, 9.17) is 0 Å². The Morgan fingerprint density at radius 1 is 1.25 bits per heavy atom. The molecule has 0 spiro atoms. The standard InChI is InChI=1S/C22H29N3O3/c1-22(2,15-26)14-24-20(27)12-19-21(28)23-10-11-25(19)13-17-8-5-7-16-6-3-4-9-18(16)17/h3-9,19,26H,10-15H2,1-2H3,(H,23,28)(H,24,27). The maximum Gasteiger partial charge on any atom is 0.237 e. The molecule has 0 radical (unpaired) electrons. The largest absolute Gasteiger partial charge is 0.396 e. The van der Waals surface area contributed by atoms with Crippen LogP contribution in [-0.4, -0.2) is 54.1 Å². The van der Waals surface area contributed by atoms with Crippen LogP contribution in [0.15, 0.2) is 42.5 Å². The number of nitrogens with zero attached hydrogens (tertiary/aromatic N) is 1. The Morgan fingerprint density at radius 3 is 2.79 bits per heavy atom. The topological polar surface area (TPSA) is 81.7 Å². The Balaban J connectivity index is 1.72. The maximum absolute atomic E-state index is 12.5. The quantitative estimate of drug-likeness (QED) is 0.679. The predicted octanol–water partition coefficient (Wildman–Crippen LogP) is 1.67. The molecule has 1 unspecified atom stereocenters. The van der Waals surface area contributed by atoms with Gasteiger partial charge in [0.25, 0.3) is 0 Å². The summed E-state index contributed by atoms with van der Waals surface area (Å²) in [6.07, 6.45) is 0.109. The van der Waals surface area contributed by atoms with Gasteiger partial charge in [-0.15, -0.1) is 0 Å². The fraction of sp³-hybridized carbons (Fsp3) is 0.455. The minimum atomic E-state index is -0.495. The molecule has 0 aromatic heterocycles. The summed E-state index contributed by atoms with van der Waals surface area (Å²) in [4.78, 5) is 27.0. The third-order valence-electron chi connectivity index (χ3n) is 5.27. The van der Waals surface area contributed by atoms with Crippen LogP contribution in [0.25, 0.3) is 10.8 Å². The highest BCUT2D eigenvalue weighted by Crippen LogP contribution is 2.22. The number of fused-ring (bicyclic) bond motifs is 1. The smallest absolute Gasteiger partial charge is 0.237 e. The lowest BCUT2D eigenvalue weighted by Crippen LogP contribution is -2.56. The number of nitrogens with one attached hydrogen (secondary N) is 2. The molecular formula is C22H29N3O3. The lowest BCUT2D eigenvalue weighted by atomic mass is 9.95. The SMILES string of the molecule is CC(C)(CO)CNC(=O)CC1C(=O)NCCN1Cc1cccc2ccccc12. The van der Waals surface area contributed by atoms with E-state index in [2.05, 4.69) is 39.8 Å². The number of benzene rings is 2. The zero-order valence-corrected chi connectivity index (χ0v) is 16.6. The Labute approximate surface area is 165 Å². The third kappa shape index (κ3) is 4.88. The first kappa shape index (κ1) is 20.3. The monoisotopic (exact) mass is 383 g/mol. The molecule has 0 saturated carbocycles. The molecule has 2 aromatic carbocycles. The average molecular weight is 383 g/mol. The lowest BCUT2D eigenvalue weighted by Gasteiger charge is -2.35. The van der Waals surface area contributed by atoms with Crippen LogP contribution in [0.1, 0.15) is 25.8 Å². The molecule has 0 bridgehead atoms. The molecular weight excluding hydrogens is 354 g/mol. The number of carbonyl (C=O) groups is 2. The normalized spacial score (nSPS) is 18.1. The predicted molar refractivity (Wildman–Crippen MR) is 110 cm³/mol.